The first kappa shape index (κ1) is 7.63. The average molecular weight is 143 g/mol. The zero-order valence-corrected chi connectivity index (χ0v) is 6.21. The minimum atomic E-state index is -0.0545. The van der Waals surface area contributed by atoms with Crippen molar-refractivity contribution in [2.75, 3.05) is 6.54 Å². The van der Waals surface area contributed by atoms with Crippen molar-refractivity contribution in [1.29, 1.82) is 0 Å². The van der Waals surface area contributed by atoms with Crippen LogP contribution in [0.1, 0.15) is 26.2 Å². The highest BCUT2D eigenvalue weighted by molar-refractivity contribution is 4.63. The molecule has 4 heteroatoms. The van der Waals surface area contributed by atoms with Crippen LogP contribution in [-0.2, 0) is 0 Å². The molecule has 0 saturated carbocycles. The highest BCUT2D eigenvalue weighted by Gasteiger charge is 2.17. The number of nitrogens with one attached hydrogen (secondary N) is 1. The molecule has 58 valence electrons. The van der Waals surface area contributed by atoms with Crippen LogP contribution in [0.15, 0.2) is 10.3 Å². The summed E-state index contributed by atoms with van der Waals surface area (Å²) in [7, 11) is 0. The molecule has 2 atom stereocenters. The van der Waals surface area contributed by atoms with Crippen molar-refractivity contribution < 1.29 is 5.17 Å². The van der Waals surface area contributed by atoms with Gasteiger partial charge >= 0.3 is 0 Å². The van der Waals surface area contributed by atoms with Gasteiger partial charge < -0.3 is 5.21 Å². The first-order chi connectivity index (χ1) is 4.83. The van der Waals surface area contributed by atoms with Gasteiger partial charge in [0.1, 0.15) is 12.6 Å². The normalized spacial score (nSPS) is 31.4. The number of quaternary nitrogens is 1. The molecular formula is C6H13N3O. The van der Waals surface area contributed by atoms with Gasteiger partial charge in [0.15, 0.2) is 0 Å². The Morgan fingerprint density at radius 3 is 3.00 bits per heavy atom. The molecule has 0 aromatic rings. The van der Waals surface area contributed by atoms with Gasteiger partial charge in [-0.15, -0.1) is 5.11 Å². The van der Waals surface area contributed by atoms with Gasteiger partial charge in [0.25, 0.3) is 0 Å². The summed E-state index contributed by atoms with van der Waals surface area (Å²) in [5, 5.41) is 17.8. The van der Waals surface area contributed by atoms with E-state index in [0.29, 0.717) is 6.54 Å². The monoisotopic (exact) mass is 143 g/mol. The molecule has 0 amide bonds. The number of nitrogens with zero attached hydrogens (tertiary/aromatic N) is 2. The van der Waals surface area contributed by atoms with Crippen molar-refractivity contribution in [2.24, 2.45) is 10.3 Å². The molecule has 0 saturated heterocycles. The summed E-state index contributed by atoms with van der Waals surface area (Å²) in [5.74, 6) is 0. The summed E-state index contributed by atoms with van der Waals surface area (Å²) in [6.45, 7) is 2.67. The molecule has 0 aliphatic carbocycles. The number of hydrogen-bond donors (Lipinski definition) is 1. The Hall–Kier alpha value is -0.480. The predicted octanol–water partition coefficient (Wildman–Crippen LogP) is 0.309. The molecule has 0 radical (unpaired) electrons. The summed E-state index contributed by atoms with van der Waals surface area (Å²) in [6.07, 6.45) is 3.34. The van der Waals surface area contributed by atoms with E-state index in [0.717, 1.165) is 12.8 Å². The van der Waals surface area contributed by atoms with E-state index in [2.05, 4.69) is 17.3 Å². The maximum absolute atomic E-state index is 10.6. The van der Waals surface area contributed by atoms with Crippen molar-refractivity contribution in [3.05, 3.63) is 5.21 Å². The van der Waals surface area contributed by atoms with Gasteiger partial charge in [0, 0.05) is 5.22 Å². The minimum absolute atomic E-state index is 0.0545. The zero-order valence-electron chi connectivity index (χ0n) is 6.21. The lowest BCUT2D eigenvalue weighted by molar-refractivity contribution is -0.850. The Balaban J connectivity index is 2.14. The van der Waals surface area contributed by atoms with E-state index in [-0.39, 0.29) is 11.2 Å². The molecule has 0 spiro atoms. The third-order valence-electron chi connectivity index (χ3n) is 1.63. The highest BCUT2D eigenvalue weighted by Crippen LogP contribution is 2.04. The minimum Gasteiger partial charge on any atom is -0.605 e. The topological polar surface area (TPSA) is 52.2 Å². The summed E-state index contributed by atoms with van der Waals surface area (Å²) >= 11 is 0. The van der Waals surface area contributed by atoms with Gasteiger partial charge in [-0.3, -0.25) is 0 Å². The van der Waals surface area contributed by atoms with Crippen LogP contribution in [0.2, 0.25) is 0 Å². The van der Waals surface area contributed by atoms with Crippen LogP contribution in [0.4, 0.5) is 0 Å². The second-order valence-electron chi connectivity index (χ2n) is 2.61. The maximum atomic E-state index is 10.6. The summed E-state index contributed by atoms with van der Waals surface area (Å²) in [5.41, 5.74) is 0. The second kappa shape index (κ2) is 3.63. The van der Waals surface area contributed by atoms with Crippen molar-refractivity contribution in [3.63, 3.8) is 0 Å². The molecule has 0 bridgehead atoms. The molecule has 1 rings (SSSR count). The zero-order chi connectivity index (χ0) is 7.40. The number of hydrogen-bond acceptors (Lipinski definition) is 3. The molecule has 1 aliphatic heterocycles. The van der Waals surface area contributed by atoms with Gasteiger partial charge in [-0.25, -0.2) is 5.17 Å². The first-order valence-electron chi connectivity index (χ1n) is 3.76. The van der Waals surface area contributed by atoms with E-state index in [4.69, 9.17) is 0 Å². The third-order valence-corrected chi connectivity index (χ3v) is 1.63. The second-order valence-corrected chi connectivity index (χ2v) is 2.61. The van der Waals surface area contributed by atoms with Crippen molar-refractivity contribution >= 4 is 0 Å². The lowest BCUT2D eigenvalue weighted by Crippen LogP contribution is -3.01. The van der Waals surface area contributed by atoms with Crippen molar-refractivity contribution in [2.45, 2.75) is 32.2 Å². The van der Waals surface area contributed by atoms with Crippen LogP contribution in [0, 0.1) is 5.21 Å². The fourth-order valence-corrected chi connectivity index (χ4v) is 1.03. The van der Waals surface area contributed by atoms with Crippen LogP contribution >= 0.6 is 0 Å². The Kier molecular flexibility index (Phi) is 2.77. The molecule has 2 unspecified atom stereocenters. The summed E-state index contributed by atoms with van der Waals surface area (Å²) < 4.78 is 0. The van der Waals surface area contributed by atoms with E-state index >= 15 is 0 Å². The van der Waals surface area contributed by atoms with E-state index in [1.165, 1.54) is 6.42 Å². The fraction of sp³-hybridized carbons (Fsp3) is 1.00. The van der Waals surface area contributed by atoms with Gasteiger partial charge in [0.05, 0.1) is 0 Å². The van der Waals surface area contributed by atoms with Crippen molar-refractivity contribution in [3.8, 4) is 0 Å². The Labute approximate surface area is 60.5 Å². The molecule has 4 nitrogen and oxygen atoms in total. The largest absolute Gasteiger partial charge is 0.605 e. The van der Waals surface area contributed by atoms with Gasteiger partial charge in [-0.05, 0) is 6.42 Å². The SMILES string of the molecule is CCCCC1C[NH+]([O-])N=N1. The van der Waals surface area contributed by atoms with Crippen LogP contribution in [0.5, 0.6) is 0 Å². The standard InChI is InChI=1S/C6H13N3O/c1-2-3-4-6-5-9(10)8-7-6/h6,9H,2-5H2,1H3. The molecule has 0 aromatic heterocycles. The summed E-state index contributed by atoms with van der Waals surface area (Å²) in [4.78, 5) is 0. The summed E-state index contributed by atoms with van der Waals surface area (Å²) in [6, 6.07) is 0.201. The molecular weight excluding hydrogens is 130 g/mol. The predicted molar refractivity (Wildman–Crippen MR) is 37.4 cm³/mol. The number of rotatable bonds is 3. The molecule has 1 N–H and O–H groups in total. The Bertz CT molecular complexity index is 126. The molecule has 1 heterocycles. The van der Waals surface area contributed by atoms with Gasteiger partial charge in [-0.1, -0.05) is 19.8 Å². The third kappa shape index (κ3) is 2.04. The van der Waals surface area contributed by atoms with Crippen molar-refractivity contribution in [1.82, 2.24) is 0 Å². The van der Waals surface area contributed by atoms with Crippen LogP contribution in [0.25, 0.3) is 0 Å². The first-order valence-corrected chi connectivity index (χ1v) is 3.76. The van der Waals surface area contributed by atoms with Crippen LogP contribution in [-0.4, -0.2) is 12.6 Å². The highest BCUT2D eigenvalue weighted by atomic mass is 16.5. The number of hydroxylamine groups is 1. The maximum Gasteiger partial charge on any atom is 0.128 e. The van der Waals surface area contributed by atoms with E-state index < -0.39 is 0 Å². The van der Waals surface area contributed by atoms with E-state index in [1.807, 2.05) is 0 Å². The van der Waals surface area contributed by atoms with Gasteiger partial charge in [0.2, 0.25) is 0 Å². The van der Waals surface area contributed by atoms with Gasteiger partial charge in [-0.2, -0.15) is 0 Å². The van der Waals surface area contributed by atoms with Crippen LogP contribution < -0.4 is 5.17 Å². The fourth-order valence-electron chi connectivity index (χ4n) is 1.03. The van der Waals surface area contributed by atoms with E-state index in [9.17, 15) is 5.21 Å². The lowest BCUT2D eigenvalue weighted by atomic mass is 10.1. The van der Waals surface area contributed by atoms with Crippen LogP contribution in [0.3, 0.4) is 0 Å². The Morgan fingerprint density at radius 1 is 1.70 bits per heavy atom. The quantitative estimate of drug-likeness (QED) is 0.568. The molecule has 10 heavy (non-hydrogen) atoms. The Morgan fingerprint density at radius 2 is 2.50 bits per heavy atom. The lowest BCUT2D eigenvalue weighted by Gasteiger charge is -2.07. The molecule has 1 aliphatic rings. The van der Waals surface area contributed by atoms with E-state index in [1.54, 1.807) is 0 Å². The smallest absolute Gasteiger partial charge is 0.128 e. The molecule has 0 aromatic carbocycles. The average Bonchev–Trinajstić information content (AvgIpc) is 2.31. The molecule has 0 fully saturated rings. The number of unbranched alkanes of at least 4 members (excludes halogenated alkanes) is 1.